The van der Waals surface area contributed by atoms with E-state index in [2.05, 4.69) is 15.9 Å². The summed E-state index contributed by atoms with van der Waals surface area (Å²) in [5.74, 6) is 0.922. The summed E-state index contributed by atoms with van der Waals surface area (Å²) in [5.41, 5.74) is 1.07. The number of benzene rings is 2. The van der Waals surface area contributed by atoms with E-state index in [9.17, 15) is 9.59 Å². The van der Waals surface area contributed by atoms with Gasteiger partial charge >= 0.3 is 0 Å². The lowest BCUT2D eigenvalue weighted by atomic mass is 10.1. The molecule has 27 heavy (non-hydrogen) atoms. The number of ketones is 2. The third-order valence-electron chi connectivity index (χ3n) is 3.99. The van der Waals surface area contributed by atoms with Crippen LogP contribution in [0.4, 0.5) is 0 Å². The summed E-state index contributed by atoms with van der Waals surface area (Å²) in [6.07, 6.45) is 1.73. The van der Waals surface area contributed by atoms with Crippen molar-refractivity contribution in [1.29, 1.82) is 0 Å². The molecule has 0 saturated carbocycles. The van der Waals surface area contributed by atoms with Gasteiger partial charge in [-0.05, 0) is 35.7 Å². The summed E-state index contributed by atoms with van der Waals surface area (Å²) in [4.78, 5) is 25.6. The van der Waals surface area contributed by atoms with Crippen molar-refractivity contribution in [1.82, 2.24) is 0 Å². The van der Waals surface area contributed by atoms with Crippen molar-refractivity contribution in [2.75, 3.05) is 6.61 Å². The van der Waals surface area contributed by atoms with E-state index >= 15 is 0 Å². The van der Waals surface area contributed by atoms with Gasteiger partial charge in [-0.15, -0.1) is 11.3 Å². The molecule has 0 fully saturated rings. The minimum Gasteiger partial charge on any atom is -0.485 e. The second kappa shape index (κ2) is 7.50. The first-order valence-electron chi connectivity index (χ1n) is 8.13. The van der Waals surface area contributed by atoms with E-state index in [4.69, 9.17) is 9.47 Å². The van der Waals surface area contributed by atoms with E-state index < -0.39 is 0 Å². The smallest absolute Gasteiger partial charge is 0.232 e. The molecule has 4 rings (SSSR count). The maximum atomic E-state index is 12.4. The number of hydrogen-bond acceptors (Lipinski definition) is 5. The van der Waals surface area contributed by atoms with E-state index in [1.54, 1.807) is 36.4 Å². The standard InChI is InChI=1S/C21H13BrO4S/c22-14-5-3-13(4-6-14)18(23)12-25-15-7-8-17-19(10-15)26-20(21(17)24)11-16-2-1-9-27-16/h1-11H,12H2. The quantitative estimate of drug-likeness (QED) is 0.394. The topological polar surface area (TPSA) is 52.6 Å². The minimum absolute atomic E-state index is 0.0910. The lowest BCUT2D eigenvalue weighted by molar-refractivity contribution is 0.0921. The van der Waals surface area contributed by atoms with Gasteiger partial charge in [0, 0.05) is 27.1 Å². The highest BCUT2D eigenvalue weighted by Crippen LogP contribution is 2.35. The Morgan fingerprint density at radius 2 is 1.96 bits per heavy atom. The highest BCUT2D eigenvalue weighted by atomic mass is 79.9. The zero-order valence-electron chi connectivity index (χ0n) is 14.0. The molecule has 0 amide bonds. The molecule has 4 nitrogen and oxygen atoms in total. The number of ether oxygens (including phenoxy) is 2. The predicted octanol–water partition coefficient (Wildman–Crippen LogP) is 5.39. The van der Waals surface area contributed by atoms with Gasteiger partial charge < -0.3 is 9.47 Å². The van der Waals surface area contributed by atoms with Gasteiger partial charge in [-0.25, -0.2) is 0 Å². The van der Waals surface area contributed by atoms with Crippen LogP contribution < -0.4 is 9.47 Å². The second-order valence-corrected chi connectivity index (χ2v) is 7.73. The van der Waals surface area contributed by atoms with Crippen molar-refractivity contribution in [3.8, 4) is 11.5 Å². The number of fused-ring (bicyclic) bond motifs is 1. The molecule has 0 bridgehead atoms. The molecule has 2 aromatic carbocycles. The maximum absolute atomic E-state index is 12.4. The van der Waals surface area contributed by atoms with Crippen molar-refractivity contribution < 1.29 is 19.1 Å². The maximum Gasteiger partial charge on any atom is 0.232 e. The Labute approximate surface area is 168 Å². The van der Waals surface area contributed by atoms with Crippen molar-refractivity contribution in [3.63, 3.8) is 0 Å². The summed E-state index contributed by atoms with van der Waals surface area (Å²) in [6, 6.07) is 15.9. The number of carbonyl (C=O) groups excluding carboxylic acids is 2. The highest BCUT2D eigenvalue weighted by Gasteiger charge is 2.27. The first-order chi connectivity index (χ1) is 13.1. The molecule has 134 valence electrons. The van der Waals surface area contributed by atoms with Gasteiger partial charge in [-0.3, -0.25) is 9.59 Å². The Balaban J connectivity index is 1.46. The normalized spacial score (nSPS) is 14.1. The zero-order valence-corrected chi connectivity index (χ0v) is 16.4. The van der Waals surface area contributed by atoms with Crippen LogP contribution in [0.25, 0.3) is 6.08 Å². The van der Waals surface area contributed by atoms with Crippen LogP contribution in [0.5, 0.6) is 11.5 Å². The van der Waals surface area contributed by atoms with Crippen LogP contribution in [-0.2, 0) is 0 Å². The van der Waals surface area contributed by atoms with Gasteiger partial charge in [-0.1, -0.05) is 34.1 Å². The number of thiophene rings is 1. The van der Waals surface area contributed by atoms with Crippen LogP contribution in [0.3, 0.4) is 0 Å². The number of allylic oxidation sites excluding steroid dienone is 1. The van der Waals surface area contributed by atoms with Gasteiger partial charge in [0.15, 0.2) is 18.1 Å². The second-order valence-electron chi connectivity index (χ2n) is 5.83. The van der Waals surface area contributed by atoms with Crippen molar-refractivity contribution in [3.05, 3.63) is 86.2 Å². The number of rotatable bonds is 5. The molecule has 2 heterocycles. The number of Topliss-reactive ketones (excluding diaryl/α,β-unsaturated/α-hetero) is 2. The number of carbonyl (C=O) groups is 2. The van der Waals surface area contributed by atoms with Crippen molar-refractivity contribution >= 4 is 44.9 Å². The van der Waals surface area contributed by atoms with E-state index in [0.717, 1.165) is 9.35 Å². The summed E-state index contributed by atoms with van der Waals surface area (Å²) < 4.78 is 12.2. The van der Waals surface area contributed by atoms with Crippen LogP contribution in [0.15, 0.2) is 70.2 Å². The van der Waals surface area contributed by atoms with Gasteiger partial charge in [0.1, 0.15) is 11.5 Å². The van der Waals surface area contributed by atoms with Crippen molar-refractivity contribution in [2.45, 2.75) is 0 Å². The van der Waals surface area contributed by atoms with Crippen LogP contribution in [0, 0.1) is 0 Å². The van der Waals surface area contributed by atoms with Gasteiger partial charge in [0.2, 0.25) is 5.78 Å². The molecule has 3 aromatic rings. The molecule has 0 aliphatic carbocycles. The SMILES string of the molecule is O=C(COc1ccc2c(c1)OC(=Cc1cccs1)C2=O)c1ccc(Br)cc1. The first-order valence-corrected chi connectivity index (χ1v) is 9.81. The first kappa shape index (κ1) is 17.7. The Morgan fingerprint density at radius 3 is 2.70 bits per heavy atom. The van der Waals surface area contributed by atoms with E-state index in [-0.39, 0.29) is 23.9 Å². The van der Waals surface area contributed by atoms with Crippen LogP contribution >= 0.6 is 27.3 Å². The Bertz CT molecular complexity index is 1040. The Kier molecular flexibility index (Phi) is 4.92. The summed E-state index contributed by atoms with van der Waals surface area (Å²) in [7, 11) is 0. The monoisotopic (exact) mass is 440 g/mol. The number of halogens is 1. The fraction of sp³-hybridized carbons (Fsp3) is 0.0476. The average Bonchev–Trinajstić information content (AvgIpc) is 3.29. The van der Waals surface area contributed by atoms with Gasteiger partial charge in [0.25, 0.3) is 0 Å². The molecule has 1 aliphatic rings. The lowest BCUT2D eigenvalue weighted by Crippen LogP contribution is -2.11. The third-order valence-corrected chi connectivity index (χ3v) is 5.34. The third kappa shape index (κ3) is 3.86. The molecular weight excluding hydrogens is 428 g/mol. The predicted molar refractivity (Wildman–Crippen MR) is 108 cm³/mol. The highest BCUT2D eigenvalue weighted by molar-refractivity contribution is 9.10. The fourth-order valence-electron chi connectivity index (χ4n) is 2.63. The lowest BCUT2D eigenvalue weighted by Gasteiger charge is -2.07. The largest absolute Gasteiger partial charge is 0.485 e. The fourth-order valence-corrected chi connectivity index (χ4v) is 3.54. The van der Waals surface area contributed by atoms with Crippen molar-refractivity contribution in [2.24, 2.45) is 0 Å². The van der Waals surface area contributed by atoms with Crippen LogP contribution in [0.2, 0.25) is 0 Å². The molecule has 1 aliphatic heterocycles. The van der Waals surface area contributed by atoms with Gasteiger partial charge in [0.05, 0.1) is 5.56 Å². The van der Waals surface area contributed by atoms with Crippen LogP contribution in [0.1, 0.15) is 25.6 Å². The summed E-state index contributed by atoms with van der Waals surface area (Å²) >= 11 is 4.87. The molecule has 6 heteroatoms. The molecule has 0 atom stereocenters. The zero-order chi connectivity index (χ0) is 18.8. The summed E-state index contributed by atoms with van der Waals surface area (Å²) in [5, 5.41) is 1.94. The van der Waals surface area contributed by atoms with Crippen LogP contribution in [-0.4, -0.2) is 18.2 Å². The molecule has 0 spiro atoms. The molecular formula is C21H13BrO4S. The number of hydrogen-bond donors (Lipinski definition) is 0. The van der Waals surface area contributed by atoms with Gasteiger partial charge in [-0.2, -0.15) is 0 Å². The summed E-state index contributed by atoms with van der Waals surface area (Å²) in [6.45, 7) is -0.0910. The molecule has 1 aromatic heterocycles. The molecule has 0 saturated heterocycles. The molecule has 0 N–H and O–H groups in total. The van der Waals surface area contributed by atoms with E-state index in [0.29, 0.717) is 22.6 Å². The Morgan fingerprint density at radius 1 is 1.15 bits per heavy atom. The Hall–Kier alpha value is -2.70. The van der Waals surface area contributed by atoms with E-state index in [1.165, 1.54) is 11.3 Å². The van der Waals surface area contributed by atoms with E-state index in [1.807, 2.05) is 29.6 Å². The molecule has 0 unspecified atom stereocenters. The molecule has 0 radical (unpaired) electrons. The minimum atomic E-state index is -0.157. The average molecular weight is 441 g/mol.